The summed E-state index contributed by atoms with van der Waals surface area (Å²) < 4.78 is 45.3. The molecule has 0 radical (unpaired) electrons. The van der Waals surface area contributed by atoms with Crippen LogP contribution in [0.15, 0.2) is 30.3 Å². The highest BCUT2D eigenvalue weighted by Crippen LogP contribution is 2.23. The van der Waals surface area contributed by atoms with Crippen molar-refractivity contribution in [2.75, 3.05) is 19.5 Å². The second kappa shape index (κ2) is 8.23. The Hall–Kier alpha value is -2.54. The van der Waals surface area contributed by atoms with E-state index in [4.69, 9.17) is 4.74 Å². The molecule has 2 aromatic rings. The van der Waals surface area contributed by atoms with Crippen LogP contribution >= 0.6 is 0 Å². The molecule has 0 fully saturated rings. The summed E-state index contributed by atoms with van der Waals surface area (Å²) in [5.74, 6) is -4.19. The number of amides is 1. The van der Waals surface area contributed by atoms with Gasteiger partial charge in [-0.05, 0) is 39.1 Å². The molecule has 0 unspecified atom stereocenters. The standard InChI is InChI=1S/C19H21F3N2O2/c1-11-5-8-16(26-4)13(9-11)10-24(3)12(2)19(25)23-15-7-6-14(20)17(21)18(15)22/h5-9,12H,10H2,1-4H3,(H,23,25)/t12-/m0/s1. The Morgan fingerprint density at radius 2 is 1.88 bits per heavy atom. The van der Waals surface area contributed by atoms with Gasteiger partial charge in [0.15, 0.2) is 17.5 Å². The summed E-state index contributed by atoms with van der Waals surface area (Å²) in [7, 11) is 3.30. The molecular weight excluding hydrogens is 345 g/mol. The summed E-state index contributed by atoms with van der Waals surface area (Å²) in [6, 6.07) is 6.83. The van der Waals surface area contributed by atoms with E-state index in [1.165, 1.54) is 0 Å². The van der Waals surface area contributed by atoms with Gasteiger partial charge in [0, 0.05) is 12.1 Å². The number of methoxy groups -OCH3 is 1. The van der Waals surface area contributed by atoms with Crippen LogP contribution in [0.3, 0.4) is 0 Å². The summed E-state index contributed by atoms with van der Waals surface area (Å²) >= 11 is 0. The molecule has 26 heavy (non-hydrogen) atoms. The van der Waals surface area contributed by atoms with Crippen LogP contribution in [0.2, 0.25) is 0 Å². The largest absolute Gasteiger partial charge is 0.496 e. The van der Waals surface area contributed by atoms with Crippen LogP contribution in [-0.4, -0.2) is 31.0 Å². The molecule has 1 amide bonds. The third-order valence-corrected chi connectivity index (χ3v) is 4.19. The van der Waals surface area contributed by atoms with Crippen molar-refractivity contribution < 1.29 is 22.7 Å². The number of aryl methyl sites for hydroxylation is 1. The molecule has 0 saturated carbocycles. The number of nitrogens with one attached hydrogen (secondary N) is 1. The molecule has 1 N–H and O–H groups in total. The zero-order chi connectivity index (χ0) is 19.4. The van der Waals surface area contributed by atoms with Crippen LogP contribution in [0.5, 0.6) is 5.75 Å². The topological polar surface area (TPSA) is 41.6 Å². The molecule has 0 aliphatic rings. The molecule has 140 valence electrons. The maximum Gasteiger partial charge on any atom is 0.241 e. The highest BCUT2D eigenvalue weighted by atomic mass is 19.2. The molecule has 0 bridgehead atoms. The molecular formula is C19H21F3N2O2. The number of hydrogen-bond donors (Lipinski definition) is 1. The number of ether oxygens (including phenoxy) is 1. The van der Waals surface area contributed by atoms with E-state index in [1.807, 2.05) is 25.1 Å². The fourth-order valence-corrected chi connectivity index (χ4v) is 2.50. The zero-order valence-electron chi connectivity index (χ0n) is 15.1. The van der Waals surface area contributed by atoms with E-state index in [2.05, 4.69) is 5.32 Å². The zero-order valence-corrected chi connectivity index (χ0v) is 15.1. The second-order valence-electron chi connectivity index (χ2n) is 6.12. The highest BCUT2D eigenvalue weighted by Gasteiger charge is 2.22. The molecule has 0 saturated heterocycles. The first-order valence-corrected chi connectivity index (χ1v) is 8.02. The predicted octanol–water partition coefficient (Wildman–Crippen LogP) is 3.88. The van der Waals surface area contributed by atoms with Crippen molar-refractivity contribution in [3.8, 4) is 5.75 Å². The molecule has 1 atom stereocenters. The monoisotopic (exact) mass is 366 g/mol. The van der Waals surface area contributed by atoms with Crippen molar-refractivity contribution in [1.29, 1.82) is 0 Å². The summed E-state index contributed by atoms with van der Waals surface area (Å²) in [6.45, 7) is 4.00. The van der Waals surface area contributed by atoms with Crippen molar-refractivity contribution in [2.45, 2.75) is 26.4 Å². The molecule has 7 heteroatoms. The van der Waals surface area contributed by atoms with E-state index in [9.17, 15) is 18.0 Å². The predicted molar refractivity (Wildman–Crippen MR) is 93.6 cm³/mol. The smallest absolute Gasteiger partial charge is 0.241 e. The van der Waals surface area contributed by atoms with E-state index >= 15 is 0 Å². The molecule has 4 nitrogen and oxygen atoms in total. The SMILES string of the molecule is COc1ccc(C)cc1CN(C)[C@@H](C)C(=O)Nc1ccc(F)c(F)c1F. The van der Waals surface area contributed by atoms with E-state index in [-0.39, 0.29) is 0 Å². The van der Waals surface area contributed by atoms with Gasteiger partial charge in [0.25, 0.3) is 0 Å². The fourth-order valence-electron chi connectivity index (χ4n) is 2.50. The van der Waals surface area contributed by atoms with Crippen molar-refractivity contribution in [2.24, 2.45) is 0 Å². The van der Waals surface area contributed by atoms with E-state index in [0.29, 0.717) is 12.3 Å². The van der Waals surface area contributed by atoms with Gasteiger partial charge in [0.1, 0.15) is 5.75 Å². The molecule has 0 spiro atoms. The van der Waals surface area contributed by atoms with Crippen LogP contribution in [-0.2, 0) is 11.3 Å². The van der Waals surface area contributed by atoms with E-state index < -0.39 is 35.1 Å². The van der Waals surface area contributed by atoms with Crippen molar-refractivity contribution in [3.05, 3.63) is 58.9 Å². The molecule has 0 aliphatic heterocycles. The van der Waals surface area contributed by atoms with Gasteiger partial charge in [-0.25, -0.2) is 13.2 Å². The van der Waals surface area contributed by atoms with Crippen LogP contribution in [0.4, 0.5) is 18.9 Å². The summed E-state index contributed by atoms with van der Waals surface area (Å²) in [5, 5.41) is 2.29. The number of carbonyl (C=O) groups is 1. The normalized spacial score (nSPS) is 12.2. The van der Waals surface area contributed by atoms with Crippen LogP contribution in [0.1, 0.15) is 18.1 Å². The Kier molecular flexibility index (Phi) is 6.26. The van der Waals surface area contributed by atoms with Gasteiger partial charge >= 0.3 is 0 Å². The minimum Gasteiger partial charge on any atom is -0.496 e. The number of rotatable bonds is 6. The second-order valence-corrected chi connectivity index (χ2v) is 6.12. The van der Waals surface area contributed by atoms with Crippen LogP contribution in [0.25, 0.3) is 0 Å². The van der Waals surface area contributed by atoms with E-state index in [1.54, 1.807) is 26.0 Å². The van der Waals surface area contributed by atoms with Crippen molar-refractivity contribution in [3.63, 3.8) is 0 Å². The Balaban J connectivity index is 2.11. The van der Waals surface area contributed by atoms with Gasteiger partial charge in [-0.2, -0.15) is 0 Å². The van der Waals surface area contributed by atoms with Gasteiger partial charge in [0.2, 0.25) is 5.91 Å². The number of halogens is 3. The van der Waals surface area contributed by atoms with Crippen LogP contribution in [0, 0.1) is 24.4 Å². The Bertz CT molecular complexity index is 812. The van der Waals surface area contributed by atoms with Gasteiger partial charge in [-0.1, -0.05) is 17.7 Å². The number of benzene rings is 2. The maximum absolute atomic E-state index is 13.7. The van der Waals surface area contributed by atoms with Gasteiger partial charge in [0.05, 0.1) is 18.8 Å². The minimum atomic E-state index is -1.62. The first-order valence-electron chi connectivity index (χ1n) is 8.02. The lowest BCUT2D eigenvalue weighted by Gasteiger charge is -2.25. The lowest BCUT2D eigenvalue weighted by Crippen LogP contribution is -2.39. The Labute approximate surface area is 150 Å². The van der Waals surface area contributed by atoms with Gasteiger partial charge < -0.3 is 10.1 Å². The average Bonchev–Trinajstić information content (AvgIpc) is 2.61. The number of hydrogen-bond acceptors (Lipinski definition) is 3. The number of anilines is 1. The molecule has 0 heterocycles. The Morgan fingerprint density at radius 3 is 2.54 bits per heavy atom. The fraction of sp³-hybridized carbons (Fsp3) is 0.316. The van der Waals surface area contributed by atoms with Crippen molar-refractivity contribution >= 4 is 11.6 Å². The maximum atomic E-state index is 13.7. The quantitative estimate of drug-likeness (QED) is 0.789. The third kappa shape index (κ3) is 4.35. The molecule has 0 aromatic heterocycles. The number of carbonyl (C=O) groups excluding carboxylic acids is 1. The average molecular weight is 366 g/mol. The lowest BCUT2D eigenvalue weighted by molar-refractivity contribution is -0.120. The van der Waals surface area contributed by atoms with Crippen molar-refractivity contribution in [1.82, 2.24) is 4.90 Å². The number of likely N-dealkylation sites (N-methyl/N-ethyl adjacent to an activating group) is 1. The number of nitrogens with zero attached hydrogens (tertiary/aromatic N) is 1. The van der Waals surface area contributed by atoms with Gasteiger partial charge in [-0.3, -0.25) is 9.69 Å². The van der Waals surface area contributed by atoms with Crippen LogP contribution < -0.4 is 10.1 Å². The molecule has 2 aromatic carbocycles. The minimum absolute atomic E-state index is 0.401. The summed E-state index contributed by atoms with van der Waals surface area (Å²) in [6.07, 6.45) is 0. The Morgan fingerprint density at radius 1 is 1.19 bits per heavy atom. The first kappa shape index (κ1) is 19.8. The lowest BCUT2D eigenvalue weighted by atomic mass is 10.1. The summed E-state index contributed by atoms with van der Waals surface area (Å²) in [5.41, 5.74) is 1.55. The van der Waals surface area contributed by atoms with E-state index in [0.717, 1.165) is 23.3 Å². The third-order valence-electron chi connectivity index (χ3n) is 4.19. The molecule has 2 rings (SSSR count). The first-order chi connectivity index (χ1) is 12.2. The molecule has 0 aliphatic carbocycles. The van der Waals surface area contributed by atoms with Gasteiger partial charge in [-0.15, -0.1) is 0 Å². The summed E-state index contributed by atoms with van der Waals surface area (Å²) in [4.78, 5) is 14.1. The highest BCUT2D eigenvalue weighted by molar-refractivity contribution is 5.94.